The first-order chi connectivity index (χ1) is 6.43. The lowest BCUT2D eigenvalue weighted by molar-refractivity contribution is 0.0693. The predicted octanol–water partition coefficient (Wildman–Crippen LogP) is 2.79. The van der Waals surface area contributed by atoms with Crippen LogP contribution in [0, 0.1) is 6.92 Å². The van der Waals surface area contributed by atoms with Gasteiger partial charge in [0.1, 0.15) is 5.69 Å². The number of hydrogen-bond acceptors (Lipinski definition) is 2. The average molecular weight is 266 g/mol. The monoisotopic (exact) mass is 265 g/mol. The van der Waals surface area contributed by atoms with Crippen LogP contribution >= 0.6 is 15.9 Å². The van der Waals surface area contributed by atoms with Crippen LogP contribution in [0.3, 0.4) is 0 Å². The summed E-state index contributed by atoms with van der Waals surface area (Å²) in [5, 5.41) is 8.72. The zero-order valence-corrected chi connectivity index (χ0v) is 8.68. The van der Waals surface area contributed by atoms with E-state index in [1.807, 2.05) is 0 Å². The van der Waals surface area contributed by atoms with Gasteiger partial charge in [-0.1, -0.05) is 0 Å². The number of rotatable bonds is 2. The van der Waals surface area contributed by atoms with Crippen LogP contribution in [0.5, 0.6) is 0 Å². The smallest absolute Gasteiger partial charge is 0.338 e. The van der Waals surface area contributed by atoms with Gasteiger partial charge in [-0.2, -0.15) is 0 Å². The molecular weight excluding hydrogens is 260 g/mol. The second-order valence-electron chi connectivity index (χ2n) is 2.60. The van der Waals surface area contributed by atoms with Crippen molar-refractivity contribution in [1.29, 1.82) is 0 Å². The van der Waals surface area contributed by atoms with Gasteiger partial charge in [-0.3, -0.25) is 4.98 Å². The highest BCUT2D eigenvalue weighted by Crippen LogP contribution is 2.25. The summed E-state index contributed by atoms with van der Waals surface area (Å²) >= 11 is 2.91. The maximum Gasteiger partial charge on any atom is 0.338 e. The zero-order valence-electron chi connectivity index (χ0n) is 7.09. The molecule has 0 radical (unpaired) electrons. The third-order valence-corrected chi connectivity index (χ3v) is 2.23. The van der Waals surface area contributed by atoms with E-state index in [1.165, 1.54) is 6.92 Å². The van der Waals surface area contributed by atoms with Crippen LogP contribution in [0.25, 0.3) is 0 Å². The second-order valence-corrected chi connectivity index (χ2v) is 3.45. The molecule has 3 nitrogen and oxygen atoms in total. The lowest BCUT2D eigenvalue weighted by atomic mass is 10.2. The van der Waals surface area contributed by atoms with E-state index in [9.17, 15) is 13.6 Å². The highest BCUT2D eigenvalue weighted by atomic mass is 79.9. The van der Waals surface area contributed by atoms with Crippen molar-refractivity contribution in [1.82, 2.24) is 4.98 Å². The first kappa shape index (κ1) is 11.0. The molecule has 0 unspecified atom stereocenters. The number of aromatic nitrogens is 1. The maximum atomic E-state index is 12.2. The molecule has 1 heterocycles. The fourth-order valence-electron chi connectivity index (χ4n) is 1.03. The van der Waals surface area contributed by atoms with Gasteiger partial charge in [0.25, 0.3) is 6.43 Å². The Kier molecular flexibility index (Phi) is 3.15. The largest absolute Gasteiger partial charge is 0.478 e. The first-order valence-corrected chi connectivity index (χ1v) is 4.41. The maximum absolute atomic E-state index is 12.2. The van der Waals surface area contributed by atoms with E-state index in [4.69, 9.17) is 5.11 Å². The van der Waals surface area contributed by atoms with Crippen molar-refractivity contribution >= 4 is 21.9 Å². The van der Waals surface area contributed by atoms with Crippen LogP contribution in [0.2, 0.25) is 0 Å². The Morgan fingerprint density at radius 2 is 2.21 bits per heavy atom. The highest BCUT2D eigenvalue weighted by molar-refractivity contribution is 9.10. The Bertz CT molecular complexity index is 359. The minimum atomic E-state index is -2.70. The van der Waals surface area contributed by atoms with E-state index in [0.29, 0.717) is 0 Å². The van der Waals surface area contributed by atoms with Gasteiger partial charge in [0.15, 0.2) is 0 Å². The fraction of sp³-hybridized carbons (Fsp3) is 0.250. The Hall–Kier alpha value is -1.04. The topological polar surface area (TPSA) is 50.2 Å². The summed E-state index contributed by atoms with van der Waals surface area (Å²) in [7, 11) is 0. The van der Waals surface area contributed by atoms with Crippen molar-refractivity contribution in [2.24, 2.45) is 0 Å². The molecular formula is C8H6BrF2NO2. The Morgan fingerprint density at radius 1 is 1.64 bits per heavy atom. The van der Waals surface area contributed by atoms with Crippen molar-refractivity contribution in [3.8, 4) is 0 Å². The van der Waals surface area contributed by atoms with Gasteiger partial charge in [0.05, 0.1) is 11.3 Å². The number of aromatic carboxylic acids is 1. The van der Waals surface area contributed by atoms with Gasteiger partial charge in [-0.25, -0.2) is 13.6 Å². The number of alkyl halides is 2. The molecule has 0 saturated carbocycles. The summed E-state index contributed by atoms with van der Waals surface area (Å²) in [5.74, 6) is -1.19. The molecule has 0 aliphatic heterocycles. The van der Waals surface area contributed by atoms with Gasteiger partial charge in [-0.05, 0) is 28.9 Å². The molecule has 6 heteroatoms. The van der Waals surface area contributed by atoms with E-state index in [1.54, 1.807) is 0 Å². The number of carboxylic acids is 1. The molecule has 0 fully saturated rings. The third kappa shape index (κ3) is 2.06. The van der Waals surface area contributed by atoms with Crippen LogP contribution in [-0.4, -0.2) is 16.1 Å². The second kappa shape index (κ2) is 4.00. The molecule has 0 spiro atoms. The number of pyridine rings is 1. The molecule has 1 rings (SSSR count). The van der Waals surface area contributed by atoms with E-state index >= 15 is 0 Å². The first-order valence-electron chi connectivity index (χ1n) is 3.62. The van der Waals surface area contributed by atoms with Gasteiger partial charge in [-0.15, -0.1) is 0 Å². The van der Waals surface area contributed by atoms with Crippen molar-refractivity contribution < 1.29 is 18.7 Å². The number of hydrogen-bond donors (Lipinski definition) is 1. The van der Waals surface area contributed by atoms with Gasteiger partial charge < -0.3 is 5.11 Å². The van der Waals surface area contributed by atoms with Crippen LogP contribution in [0.1, 0.15) is 28.2 Å². The molecule has 0 aromatic carbocycles. The average Bonchev–Trinajstić information content (AvgIpc) is 2.01. The molecule has 0 atom stereocenters. The Morgan fingerprint density at radius 3 is 2.57 bits per heavy atom. The fourth-order valence-corrected chi connectivity index (χ4v) is 1.72. The van der Waals surface area contributed by atoms with Crippen LogP contribution in [0.15, 0.2) is 10.5 Å². The van der Waals surface area contributed by atoms with E-state index in [-0.39, 0.29) is 15.7 Å². The van der Waals surface area contributed by atoms with E-state index < -0.39 is 18.1 Å². The molecule has 1 aromatic heterocycles. The third-order valence-electron chi connectivity index (χ3n) is 1.61. The number of carboxylic acid groups (broad SMARTS) is 1. The van der Waals surface area contributed by atoms with Crippen LogP contribution in [0.4, 0.5) is 8.78 Å². The number of carbonyl (C=O) groups is 1. The van der Waals surface area contributed by atoms with Crippen molar-refractivity contribution in [2.75, 3.05) is 0 Å². The SMILES string of the molecule is Cc1nc(C(F)F)cc(Br)c1C(=O)O. The van der Waals surface area contributed by atoms with E-state index in [0.717, 1.165) is 6.07 Å². The summed E-state index contributed by atoms with van der Waals surface area (Å²) in [5.41, 5.74) is -0.448. The zero-order chi connectivity index (χ0) is 10.9. The van der Waals surface area contributed by atoms with Crippen molar-refractivity contribution in [3.63, 3.8) is 0 Å². The van der Waals surface area contributed by atoms with Crippen LogP contribution in [-0.2, 0) is 0 Å². The number of nitrogens with zero attached hydrogens (tertiary/aromatic N) is 1. The summed E-state index contributed by atoms with van der Waals surface area (Å²) in [6.45, 7) is 1.38. The molecule has 14 heavy (non-hydrogen) atoms. The van der Waals surface area contributed by atoms with Crippen LogP contribution < -0.4 is 0 Å². The lowest BCUT2D eigenvalue weighted by Crippen LogP contribution is -2.05. The van der Waals surface area contributed by atoms with Crippen molar-refractivity contribution in [2.45, 2.75) is 13.3 Å². The lowest BCUT2D eigenvalue weighted by Gasteiger charge is -2.06. The summed E-state index contributed by atoms with van der Waals surface area (Å²) in [4.78, 5) is 14.2. The molecule has 0 amide bonds. The summed E-state index contributed by atoms with van der Waals surface area (Å²) in [6.07, 6.45) is -2.70. The molecule has 0 aliphatic rings. The predicted molar refractivity (Wildman–Crippen MR) is 48.6 cm³/mol. The quantitative estimate of drug-likeness (QED) is 0.895. The number of halogens is 3. The van der Waals surface area contributed by atoms with Crippen molar-refractivity contribution in [3.05, 3.63) is 27.5 Å². The minimum Gasteiger partial charge on any atom is -0.478 e. The molecule has 1 aromatic rings. The molecule has 0 aliphatic carbocycles. The highest BCUT2D eigenvalue weighted by Gasteiger charge is 2.18. The minimum absolute atomic E-state index is 0.0715. The van der Waals surface area contributed by atoms with Gasteiger partial charge in [0.2, 0.25) is 0 Å². The van der Waals surface area contributed by atoms with Gasteiger partial charge in [0, 0.05) is 4.47 Å². The molecule has 76 valence electrons. The van der Waals surface area contributed by atoms with Gasteiger partial charge >= 0.3 is 5.97 Å². The van der Waals surface area contributed by atoms with E-state index in [2.05, 4.69) is 20.9 Å². The standard InChI is InChI=1S/C8H6BrF2NO2/c1-3-6(8(13)14)4(9)2-5(12-3)7(10)11/h2,7H,1H3,(H,13,14). The normalized spacial score (nSPS) is 10.6. The molecule has 0 bridgehead atoms. The molecule has 0 saturated heterocycles. The summed E-state index contributed by atoms with van der Waals surface area (Å²) in [6, 6.07) is 1.02. The molecule has 1 N–H and O–H groups in total. The summed E-state index contributed by atoms with van der Waals surface area (Å²) < 4.78 is 24.6. The Labute approximate surface area is 86.9 Å². The number of aryl methyl sites for hydroxylation is 1. The Balaban J connectivity index is 3.32.